The van der Waals surface area contributed by atoms with Crippen LogP contribution in [0.5, 0.6) is 0 Å². The van der Waals surface area contributed by atoms with Gasteiger partial charge >= 0.3 is 0 Å². The molecule has 1 spiro atoms. The van der Waals surface area contributed by atoms with Crippen LogP contribution in [-0.2, 0) is 19.6 Å². The van der Waals surface area contributed by atoms with Crippen molar-refractivity contribution < 1.29 is 17.9 Å². The van der Waals surface area contributed by atoms with Gasteiger partial charge in [-0.25, -0.2) is 8.42 Å². The molecule has 3 rings (SSSR count). The Morgan fingerprint density at radius 2 is 2.04 bits per heavy atom. The number of benzene rings is 1. The molecule has 0 bridgehead atoms. The van der Waals surface area contributed by atoms with Crippen LogP contribution in [0.3, 0.4) is 0 Å². The molecule has 8 heteroatoms. The number of aryl methyl sites for hydroxylation is 1. The van der Waals surface area contributed by atoms with Crippen molar-refractivity contribution in [3.63, 3.8) is 0 Å². The molecule has 0 saturated carbocycles. The molecule has 1 aromatic rings. The SMILES string of the molecule is CC(=O)Nc1ccc(S(=O)(=O)N2CCC3(CC2)OCCS3)c(C)c1. The van der Waals surface area contributed by atoms with Crippen molar-refractivity contribution in [3.8, 4) is 0 Å². The molecule has 2 saturated heterocycles. The van der Waals surface area contributed by atoms with Gasteiger partial charge in [-0.3, -0.25) is 4.79 Å². The largest absolute Gasteiger partial charge is 0.363 e. The first-order valence-corrected chi connectivity index (χ1v) is 10.4. The zero-order valence-corrected chi connectivity index (χ0v) is 15.5. The molecule has 24 heavy (non-hydrogen) atoms. The van der Waals surface area contributed by atoms with E-state index in [2.05, 4.69) is 5.32 Å². The number of hydrogen-bond acceptors (Lipinski definition) is 5. The summed E-state index contributed by atoms with van der Waals surface area (Å²) in [4.78, 5) is 11.2. The van der Waals surface area contributed by atoms with Crippen LogP contribution in [0.25, 0.3) is 0 Å². The van der Waals surface area contributed by atoms with Crippen LogP contribution < -0.4 is 5.32 Å². The molecular formula is C16H22N2O4S2. The Hall–Kier alpha value is -1.09. The molecule has 2 aliphatic heterocycles. The number of nitrogens with one attached hydrogen (secondary N) is 1. The first-order valence-electron chi connectivity index (χ1n) is 7.99. The molecule has 1 amide bonds. The predicted octanol–water partition coefficient (Wildman–Crippen LogP) is 2.20. The number of carbonyl (C=O) groups excluding carboxylic acids is 1. The van der Waals surface area contributed by atoms with Crippen molar-refractivity contribution in [1.29, 1.82) is 0 Å². The molecule has 0 aromatic heterocycles. The van der Waals surface area contributed by atoms with Crippen LogP contribution in [0.15, 0.2) is 23.1 Å². The monoisotopic (exact) mass is 370 g/mol. The molecule has 0 radical (unpaired) electrons. The van der Waals surface area contributed by atoms with Gasteiger partial charge in [0.1, 0.15) is 4.93 Å². The number of thioether (sulfide) groups is 1. The van der Waals surface area contributed by atoms with Crippen molar-refractivity contribution in [3.05, 3.63) is 23.8 Å². The van der Waals surface area contributed by atoms with Gasteiger partial charge in [-0.2, -0.15) is 4.31 Å². The highest BCUT2D eigenvalue weighted by molar-refractivity contribution is 8.00. The van der Waals surface area contributed by atoms with Crippen LogP contribution in [0.4, 0.5) is 5.69 Å². The number of carbonyl (C=O) groups is 1. The number of rotatable bonds is 3. The van der Waals surface area contributed by atoms with Crippen molar-refractivity contribution in [2.75, 3.05) is 30.8 Å². The molecule has 1 N–H and O–H groups in total. The van der Waals surface area contributed by atoms with Gasteiger partial charge < -0.3 is 10.1 Å². The zero-order chi connectivity index (χ0) is 17.4. The summed E-state index contributed by atoms with van der Waals surface area (Å²) in [5, 5.41) is 2.67. The van der Waals surface area contributed by atoms with E-state index in [0.717, 1.165) is 25.2 Å². The summed E-state index contributed by atoms with van der Waals surface area (Å²) < 4.78 is 33.2. The van der Waals surface area contributed by atoms with Gasteiger partial charge in [-0.1, -0.05) is 0 Å². The normalized spacial score (nSPS) is 21.1. The maximum Gasteiger partial charge on any atom is 0.243 e. The van der Waals surface area contributed by atoms with E-state index in [1.165, 1.54) is 6.92 Å². The van der Waals surface area contributed by atoms with Crippen molar-refractivity contribution in [2.45, 2.75) is 36.5 Å². The first-order chi connectivity index (χ1) is 11.3. The lowest BCUT2D eigenvalue weighted by Crippen LogP contribution is -2.45. The minimum Gasteiger partial charge on any atom is -0.363 e. The first kappa shape index (κ1) is 17.7. The Labute approximate surface area is 147 Å². The summed E-state index contributed by atoms with van der Waals surface area (Å²) in [6.07, 6.45) is 1.44. The van der Waals surface area contributed by atoms with Crippen LogP contribution in [-0.4, -0.2) is 49.0 Å². The lowest BCUT2D eigenvalue weighted by molar-refractivity contribution is -0.114. The second-order valence-electron chi connectivity index (χ2n) is 6.17. The summed E-state index contributed by atoms with van der Waals surface area (Å²) in [5.41, 5.74) is 1.24. The number of piperidine rings is 1. The molecule has 1 aromatic carbocycles. The average molecular weight is 370 g/mol. The van der Waals surface area contributed by atoms with Crippen molar-refractivity contribution in [2.24, 2.45) is 0 Å². The summed E-state index contributed by atoms with van der Waals surface area (Å²) in [6.45, 7) is 4.87. The summed E-state index contributed by atoms with van der Waals surface area (Å²) in [5.74, 6) is 0.802. The number of sulfonamides is 1. The molecule has 2 fully saturated rings. The molecule has 0 atom stereocenters. The van der Waals surface area contributed by atoms with E-state index >= 15 is 0 Å². The van der Waals surface area contributed by atoms with E-state index in [1.807, 2.05) is 0 Å². The highest BCUT2D eigenvalue weighted by atomic mass is 32.2. The second-order valence-corrected chi connectivity index (χ2v) is 9.52. The molecule has 2 heterocycles. The Kier molecular flexibility index (Phi) is 4.92. The van der Waals surface area contributed by atoms with Crippen LogP contribution in [0, 0.1) is 6.92 Å². The Balaban J connectivity index is 1.77. The Morgan fingerprint density at radius 3 is 2.58 bits per heavy atom. The molecule has 2 aliphatic rings. The number of anilines is 1. The van der Waals surface area contributed by atoms with Gasteiger partial charge in [0, 0.05) is 31.5 Å². The molecule has 132 valence electrons. The minimum absolute atomic E-state index is 0.180. The highest BCUT2D eigenvalue weighted by Crippen LogP contribution is 2.42. The third kappa shape index (κ3) is 3.46. The summed E-state index contributed by atoms with van der Waals surface area (Å²) in [7, 11) is -3.53. The number of ether oxygens (including phenoxy) is 1. The molecule has 0 aliphatic carbocycles. The van der Waals surface area contributed by atoms with Crippen LogP contribution in [0.1, 0.15) is 25.3 Å². The number of hydrogen-bond donors (Lipinski definition) is 1. The summed E-state index contributed by atoms with van der Waals surface area (Å²) in [6, 6.07) is 4.89. The predicted molar refractivity (Wildman–Crippen MR) is 94.6 cm³/mol. The Morgan fingerprint density at radius 1 is 1.33 bits per heavy atom. The molecule has 0 unspecified atom stereocenters. The lowest BCUT2D eigenvalue weighted by atomic mass is 10.1. The van der Waals surface area contributed by atoms with Crippen molar-refractivity contribution >= 4 is 33.4 Å². The van der Waals surface area contributed by atoms with E-state index in [-0.39, 0.29) is 10.8 Å². The van der Waals surface area contributed by atoms with Gasteiger partial charge in [0.25, 0.3) is 0 Å². The zero-order valence-electron chi connectivity index (χ0n) is 13.9. The fourth-order valence-electron chi connectivity index (χ4n) is 3.21. The Bertz CT molecular complexity index is 732. The van der Waals surface area contributed by atoms with E-state index in [4.69, 9.17) is 4.74 Å². The smallest absolute Gasteiger partial charge is 0.243 e. The topological polar surface area (TPSA) is 75.7 Å². The van der Waals surface area contributed by atoms with Gasteiger partial charge in [0.15, 0.2) is 0 Å². The third-order valence-corrected chi connectivity index (χ3v) is 7.89. The maximum absolute atomic E-state index is 12.9. The second kappa shape index (κ2) is 6.67. The van der Waals surface area contributed by atoms with Gasteiger partial charge in [-0.05, 0) is 43.5 Å². The van der Waals surface area contributed by atoms with Gasteiger partial charge in [0.05, 0.1) is 11.5 Å². The fraction of sp³-hybridized carbons (Fsp3) is 0.562. The highest BCUT2D eigenvalue weighted by Gasteiger charge is 2.42. The molecular weight excluding hydrogens is 348 g/mol. The number of nitrogens with zero attached hydrogens (tertiary/aromatic N) is 1. The van der Waals surface area contributed by atoms with Crippen molar-refractivity contribution in [1.82, 2.24) is 4.31 Å². The van der Waals surface area contributed by atoms with E-state index < -0.39 is 10.0 Å². The lowest BCUT2D eigenvalue weighted by Gasteiger charge is -2.37. The average Bonchev–Trinajstić information content (AvgIpc) is 2.95. The maximum atomic E-state index is 12.9. The quantitative estimate of drug-likeness (QED) is 0.883. The van der Waals surface area contributed by atoms with E-state index in [0.29, 0.717) is 29.2 Å². The molecule has 6 nitrogen and oxygen atoms in total. The van der Waals surface area contributed by atoms with E-state index in [9.17, 15) is 13.2 Å². The minimum atomic E-state index is -3.53. The number of amides is 1. The summed E-state index contributed by atoms with van der Waals surface area (Å²) >= 11 is 1.80. The van der Waals surface area contributed by atoms with E-state index in [1.54, 1.807) is 41.2 Å². The van der Waals surface area contributed by atoms with Gasteiger partial charge in [-0.15, -0.1) is 11.8 Å². The van der Waals surface area contributed by atoms with Gasteiger partial charge in [0.2, 0.25) is 15.9 Å². The van der Waals surface area contributed by atoms with Crippen LogP contribution in [0.2, 0.25) is 0 Å². The van der Waals surface area contributed by atoms with Crippen LogP contribution >= 0.6 is 11.8 Å². The fourth-order valence-corrected chi connectivity index (χ4v) is 6.04. The third-order valence-electron chi connectivity index (χ3n) is 4.41. The standard InChI is InChI=1S/C16H22N2O4S2/c1-12-11-14(17-13(2)19)3-4-15(12)24(20,21)18-7-5-16(6-8-18)22-9-10-23-16/h3-4,11H,5-10H2,1-2H3,(H,17,19).